The molecule has 0 aliphatic carbocycles. The van der Waals surface area contributed by atoms with Crippen LogP contribution in [-0.2, 0) is 0 Å². The third-order valence-corrected chi connectivity index (χ3v) is 4.02. The molecule has 0 radical (unpaired) electrons. The highest BCUT2D eigenvalue weighted by molar-refractivity contribution is 7.99. The zero-order valence-electron chi connectivity index (χ0n) is 11.8. The minimum atomic E-state index is 0.0677. The monoisotopic (exact) mass is 313 g/mol. The van der Waals surface area contributed by atoms with E-state index in [1.807, 2.05) is 41.0 Å². The van der Waals surface area contributed by atoms with Gasteiger partial charge in [-0.25, -0.2) is 0 Å². The third kappa shape index (κ3) is 2.84. The molecule has 0 fully saturated rings. The average Bonchev–Trinajstić information content (AvgIpc) is 2.98. The summed E-state index contributed by atoms with van der Waals surface area (Å²) in [6.07, 6.45) is 0. The van der Waals surface area contributed by atoms with Gasteiger partial charge >= 0.3 is 0 Å². The van der Waals surface area contributed by atoms with Crippen molar-refractivity contribution in [3.8, 4) is 22.8 Å². The van der Waals surface area contributed by atoms with Gasteiger partial charge in [-0.3, -0.25) is 4.57 Å². The van der Waals surface area contributed by atoms with Crippen LogP contribution in [0, 0.1) is 0 Å². The molecular weight excluding hydrogens is 298 g/mol. The van der Waals surface area contributed by atoms with Crippen molar-refractivity contribution >= 4 is 11.8 Å². The van der Waals surface area contributed by atoms with Crippen LogP contribution < -0.4 is 0 Å². The Morgan fingerprint density at radius 2 is 1.68 bits per heavy atom. The predicted octanol–water partition coefficient (Wildman–Crippen LogP) is 2.72. The van der Waals surface area contributed by atoms with E-state index in [9.17, 15) is 5.11 Å². The Labute approximate surface area is 132 Å². The zero-order chi connectivity index (χ0) is 15.4. The molecule has 1 heterocycles. The van der Waals surface area contributed by atoms with E-state index in [0.717, 1.165) is 5.69 Å². The van der Waals surface area contributed by atoms with Crippen LogP contribution in [0.15, 0.2) is 59.8 Å². The summed E-state index contributed by atoms with van der Waals surface area (Å²) in [5.74, 6) is 1.27. The number of benzene rings is 2. The first-order valence-electron chi connectivity index (χ1n) is 6.84. The first kappa shape index (κ1) is 14.6. The molecule has 0 saturated heterocycles. The molecule has 5 nitrogen and oxygen atoms in total. The van der Waals surface area contributed by atoms with Gasteiger partial charge in [-0.1, -0.05) is 42.1 Å². The van der Waals surface area contributed by atoms with Gasteiger partial charge in [0.25, 0.3) is 0 Å². The molecule has 0 unspecified atom stereocenters. The molecule has 2 N–H and O–H groups in total. The Kier molecular flexibility index (Phi) is 4.41. The van der Waals surface area contributed by atoms with E-state index in [4.69, 9.17) is 5.11 Å². The molecule has 0 atom stereocenters. The van der Waals surface area contributed by atoms with Gasteiger partial charge in [0.15, 0.2) is 11.0 Å². The number of hydrogen-bond donors (Lipinski definition) is 2. The van der Waals surface area contributed by atoms with Crippen LogP contribution in [0.3, 0.4) is 0 Å². The van der Waals surface area contributed by atoms with E-state index in [-0.39, 0.29) is 12.4 Å². The van der Waals surface area contributed by atoms with E-state index in [2.05, 4.69) is 10.2 Å². The van der Waals surface area contributed by atoms with Crippen molar-refractivity contribution in [2.24, 2.45) is 0 Å². The highest BCUT2D eigenvalue weighted by atomic mass is 32.2. The molecular formula is C16H15N3O2S. The lowest BCUT2D eigenvalue weighted by Crippen LogP contribution is -2.00. The van der Waals surface area contributed by atoms with Crippen molar-refractivity contribution in [2.45, 2.75) is 5.16 Å². The number of aromatic nitrogens is 3. The van der Waals surface area contributed by atoms with Gasteiger partial charge in [0, 0.05) is 11.4 Å². The van der Waals surface area contributed by atoms with Crippen LogP contribution in [0.5, 0.6) is 5.75 Å². The quantitative estimate of drug-likeness (QED) is 0.709. The number of phenols is 1. The largest absolute Gasteiger partial charge is 0.507 e. The Bertz CT molecular complexity index is 759. The molecule has 0 spiro atoms. The average molecular weight is 313 g/mol. The van der Waals surface area contributed by atoms with Crippen LogP contribution in [0.4, 0.5) is 0 Å². The Morgan fingerprint density at radius 1 is 0.955 bits per heavy atom. The summed E-state index contributed by atoms with van der Waals surface area (Å²) in [5.41, 5.74) is 1.53. The van der Waals surface area contributed by atoms with Crippen molar-refractivity contribution < 1.29 is 10.2 Å². The van der Waals surface area contributed by atoms with E-state index < -0.39 is 0 Å². The van der Waals surface area contributed by atoms with Crippen molar-refractivity contribution in [2.75, 3.05) is 12.4 Å². The van der Waals surface area contributed by atoms with E-state index >= 15 is 0 Å². The molecule has 0 aliphatic heterocycles. The van der Waals surface area contributed by atoms with Crippen molar-refractivity contribution in [1.82, 2.24) is 14.8 Å². The van der Waals surface area contributed by atoms with Crippen LogP contribution in [-0.4, -0.2) is 37.3 Å². The van der Waals surface area contributed by atoms with Gasteiger partial charge in [-0.05, 0) is 24.3 Å². The van der Waals surface area contributed by atoms with Crippen LogP contribution in [0.25, 0.3) is 17.1 Å². The highest BCUT2D eigenvalue weighted by Gasteiger charge is 2.17. The van der Waals surface area contributed by atoms with E-state index in [1.165, 1.54) is 11.8 Å². The number of thioether (sulfide) groups is 1. The normalized spacial score (nSPS) is 10.8. The SMILES string of the molecule is OCCSc1nnc(-c2ccccc2O)n1-c1ccccc1. The fourth-order valence-electron chi connectivity index (χ4n) is 2.15. The highest BCUT2D eigenvalue weighted by Crippen LogP contribution is 2.32. The van der Waals surface area contributed by atoms with Crippen molar-refractivity contribution in [3.63, 3.8) is 0 Å². The third-order valence-electron chi connectivity index (χ3n) is 3.12. The summed E-state index contributed by atoms with van der Waals surface area (Å²) < 4.78 is 1.88. The van der Waals surface area contributed by atoms with Crippen molar-refractivity contribution in [3.05, 3.63) is 54.6 Å². The maximum absolute atomic E-state index is 10.1. The van der Waals surface area contributed by atoms with Crippen LogP contribution in [0.2, 0.25) is 0 Å². The Hall–Kier alpha value is -2.31. The van der Waals surface area contributed by atoms with Crippen LogP contribution in [0.1, 0.15) is 0 Å². The second-order valence-electron chi connectivity index (χ2n) is 4.57. The standard InChI is InChI=1S/C16H15N3O2S/c20-10-11-22-16-18-17-15(13-8-4-5-9-14(13)21)19(16)12-6-2-1-3-7-12/h1-9,20-21H,10-11H2. The lowest BCUT2D eigenvalue weighted by molar-refractivity contribution is 0.322. The summed E-state index contributed by atoms with van der Waals surface area (Å²) >= 11 is 1.42. The minimum absolute atomic E-state index is 0.0677. The Balaban J connectivity index is 2.15. The lowest BCUT2D eigenvalue weighted by Gasteiger charge is -2.10. The summed E-state index contributed by atoms with van der Waals surface area (Å²) in [5, 5.41) is 28.2. The number of phenolic OH excluding ortho intramolecular Hbond substituents is 1. The number of aromatic hydroxyl groups is 1. The predicted molar refractivity (Wildman–Crippen MR) is 86.3 cm³/mol. The summed E-state index contributed by atoms with van der Waals surface area (Å²) in [7, 11) is 0. The summed E-state index contributed by atoms with van der Waals surface area (Å²) in [6.45, 7) is 0.0677. The number of rotatable bonds is 5. The molecule has 0 bridgehead atoms. The molecule has 0 saturated carbocycles. The molecule has 0 aliphatic rings. The maximum atomic E-state index is 10.1. The fraction of sp³-hybridized carbons (Fsp3) is 0.125. The summed E-state index contributed by atoms with van der Waals surface area (Å²) in [4.78, 5) is 0. The summed E-state index contributed by atoms with van der Waals surface area (Å²) in [6, 6.07) is 16.8. The first-order chi connectivity index (χ1) is 10.8. The number of nitrogens with zero attached hydrogens (tertiary/aromatic N) is 3. The second kappa shape index (κ2) is 6.64. The van der Waals surface area contributed by atoms with Gasteiger partial charge < -0.3 is 10.2 Å². The molecule has 3 rings (SSSR count). The lowest BCUT2D eigenvalue weighted by atomic mass is 10.2. The van der Waals surface area contributed by atoms with Crippen molar-refractivity contribution in [1.29, 1.82) is 0 Å². The zero-order valence-corrected chi connectivity index (χ0v) is 12.6. The van der Waals surface area contributed by atoms with Gasteiger partial charge in [0.2, 0.25) is 0 Å². The topological polar surface area (TPSA) is 71.2 Å². The molecule has 1 aromatic heterocycles. The number of para-hydroxylation sites is 2. The number of hydrogen-bond acceptors (Lipinski definition) is 5. The molecule has 22 heavy (non-hydrogen) atoms. The molecule has 0 amide bonds. The molecule has 2 aromatic carbocycles. The van der Waals surface area contributed by atoms with Gasteiger partial charge in [-0.2, -0.15) is 0 Å². The first-order valence-corrected chi connectivity index (χ1v) is 7.82. The number of aliphatic hydroxyl groups excluding tert-OH is 1. The van der Waals surface area contributed by atoms with Gasteiger partial charge in [0.05, 0.1) is 12.2 Å². The maximum Gasteiger partial charge on any atom is 0.196 e. The Morgan fingerprint density at radius 3 is 2.41 bits per heavy atom. The smallest absolute Gasteiger partial charge is 0.196 e. The van der Waals surface area contributed by atoms with Crippen LogP contribution >= 0.6 is 11.8 Å². The number of aliphatic hydroxyl groups is 1. The molecule has 112 valence electrons. The second-order valence-corrected chi connectivity index (χ2v) is 5.63. The molecule has 6 heteroatoms. The van der Waals surface area contributed by atoms with Gasteiger partial charge in [0.1, 0.15) is 5.75 Å². The minimum Gasteiger partial charge on any atom is -0.507 e. The van der Waals surface area contributed by atoms with E-state index in [1.54, 1.807) is 18.2 Å². The van der Waals surface area contributed by atoms with E-state index in [0.29, 0.717) is 22.3 Å². The fourth-order valence-corrected chi connectivity index (χ4v) is 2.84. The molecule has 3 aromatic rings. The van der Waals surface area contributed by atoms with Gasteiger partial charge in [-0.15, -0.1) is 10.2 Å².